The van der Waals surface area contributed by atoms with E-state index in [4.69, 9.17) is 14.2 Å². The Balaban J connectivity index is 2.52. The molecule has 0 amide bonds. The summed E-state index contributed by atoms with van der Waals surface area (Å²) in [6.07, 6.45) is 0.0741. The molecule has 0 saturated heterocycles. The van der Waals surface area contributed by atoms with E-state index in [1.165, 1.54) is 0 Å². The van der Waals surface area contributed by atoms with Crippen LogP contribution in [0.1, 0.15) is 18.1 Å². The number of hydrogen-bond donors (Lipinski definition) is 1. The van der Waals surface area contributed by atoms with Gasteiger partial charge in [-0.1, -0.05) is 0 Å². The molecule has 0 saturated carbocycles. The molecule has 0 spiro atoms. The van der Waals surface area contributed by atoms with Crippen LogP contribution >= 0.6 is 0 Å². The summed E-state index contributed by atoms with van der Waals surface area (Å²) in [7, 11) is 3.15. The molecule has 15 heavy (non-hydrogen) atoms. The zero-order valence-electron chi connectivity index (χ0n) is 8.82. The molecule has 1 aliphatic rings. The average Bonchev–Trinajstić information content (AvgIpc) is 2.27. The zero-order chi connectivity index (χ0) is 10.8. The van der Waals surface area contributed by atoms with Crippen LogP contribution in [-0.4, -0.2) is 25.9 Å². The van der Waals surface area contributed by atoms with E-state index in [0.717, 1.165) is 0 Å². The molecule has 1 aliphatic heterocycles. The smallest absolute Gasteiger partial charge is 0.132 e. The Morgan fingerprint density at radius 1 is 1.33 bits per heavy atom. The fraction of sp³-hybridized carbons (Fsp3) is 0.455. The molecule has 0 fully saturated rings. The van der Waals surface area contributed by atoms with Crippen LogP contribution in [0, 0.1) is 0 Å². The average molecular weight is 210 g/mol. The Morgan fingerprint density at radius 3 is 2.80 bits per heavy atom. The topological polar surface area (TPSA) is 47.9 Å². The maximum Gasteiger partial charge on any atom is 0.132 e. The Labute approximate surface area is 88.4 Å². The first-order valence-corrected chi connectivity index (χ1v) is 4.83. The molecule has 1 aromatic rings. The van der Waals surface area contributed by atoms with Crippen LogP contribution in [0.2, 0.25) is 0 Å². The number of fused-ring (bicyclic) bond motifs is 1. The molecule has 82 valence electrons. The molecular formula is C11H14O4. The summed E-state index contributed by atoms with van der Waals surface area (Å²) in [4.78, 5) is 0. The highest BCUT2D eigenvalue weighted by Crippen LogP contribution is 2.41. The highest BCUT2D eigenvalue weighted by molar-refractivity contribution is 5.52. The minimum absolute atomic E-state index is 0.518. The lowest BCUT2D eigenvalue weighted by Crippen LogP contribution is -2.14. The van der Waals surface area contributed by atoms with E-state index in [2.05, 4.69) is 0 Å². The summed E-state index contributed by atoms with van der Waals surface area (Å²) >= 11 is 0. The molecule has 4 nitrogen and oxygen atoms in total. The van der Waals surface area contributed by atoms with Gasteiger partial charge in [-0.15, -0.1) is 0 Å². The fourth-order valence-corrected chi connectivity index (χ4v) is 1.74. The summed E-state index contributed by atoms with van der Waals surface area (Å²) in [6, 6.07) is 3.51. The molecule has 1 aromatic carbocycles. The van der Waals surface area contributed by atoms with Gasteiger partial charge in [0.25, 0.3) is 0 Å². The summed E-state index contributed by atoms with van der Waals surface area (Å²) in [5.41, 5.74) is 0.713. The molecule has 1 N–H and O–H groups in total. The van der Waals surface area contributed by atoms with Crippen molar-refractivity contribution in [2.75, 3.05) is 20.8 Å². The van der Waals surface area contributed by atoms with Crippen molar-refractivity contribution in [3.8, 4) is 17.2 Å². The Kier molecular flexibility index (Phi) is 2.68. The van der Waals surface area contributed by atoms with Crippen molar-refractivity contribution >= 4 is 0 Å². The van der Waals surface area contributed by atoms with Crippen molar-refractivity contribution in [2.45, 2.75) is 12.5 Å². The number of benzene rings is 1. The zero-order valence-corrected chi connectivity index (χ0v) is 8.82. The van der Waals surface area contributed by atoms with Crippen LogP contribution in [0.3, 0.4) is 0 Å². The lowest BCUT2D eigenvalue weighted by atomic mass is 10.0. The van der Waals surface area contributed by atoms with Crippen molar-refractivity contribution in [3.05, 3.63) is 17.7 Å². The maximum atomic E-state index is 9.84. The number of hydrogen-bond acceptors (Lipinski definition) is 4. The molecule has 1 heterocycles. The Bertz CT molecular complexity index is 345. The predicted molar refractivity (Wildman–Crippen MR) is 54.6 cm³/mol. The van der Waals surface area contributed by atoms with Crippen molar-refractivity contribution < 1.29 is 19.3 Å². The quantitative estimate of drug-likeness (QED) is 0.804. The molecule has 0 unspecified atom stereocenters. The number of ether oxygens (including phenoxy) is 3. The molecule has 1 atom stereocenters. The maximum absolute atomic E-state index is 9.84. The van der Waals surface area contributed by atoms with Crippen LogP contribution in [0.25, 0.3) is 0 Å². The lowest BCUT2D eigenvalue weighted by Gasteiger charge is -2.24. The summed E-state index contributed by atoms with van der Waals surface area (Å²) in [5, 5.41) is 9.84. The third-order valence-corrected chi connectivity index (χ3v) is 2.52. The molecule has 0 aromatic heterocycles. The number of aliphatic hydroxyl groups is 1. The third-order valence-electron chi connectivity index (χ3n) is 2.52. The van der Waals surface area contributed by atoms with Crippen molar-refractivity contribution in [2.24, 2.45) is 0 Å². The van der Waals surface area contributed by atoms with Gasteiger partial charge < -0.3 is 19.3 Å². The second-order valence-electron chi connectivity index (χ2n) is 3.39. The van der Waals surface area contributed by atoms with Crippen LogP contribution in [0.4, 0.5) is 0 Å². The van der Waals surface area contributed by atoms with Gasteiger partial charge in [-0.2, -0.15) is 0 Å². The molecule has 0 radical (unpaired) electrons. The number of rotatable bonds is 2. The van der Waals surface area contributed by atoms with E-state index in [1.54, 1.807) is 26.4 Å². The van der Waals surface area contributed by atoms with E-state index < -0.39 is 6.10 Å². The Hall–Kier alpha value is -1.42. The molecule has 2 rings (SSSR count). The number of methoxy groups -OCH3 is 2. The summed E-state index contributed by atoms with van der Waals surface area (Å²) in [5.74, 6) is 1.92. The minimum Gasteiger partial charge on any atom is -0.496 e. The molecule has 4 heteroatoms. The monoisotopic (exact) mass is 210 g/mol. The van der Waals surface area contributed by atoms with E-state index in [-0.39, 0.29) is 0 Å². The molecule has 0 bridgehead atoms. The first kappa shape index (κ1) is 10.1. The third kappa shape index (κ3) is 1.72. The van der Waals surface area contributed by atoms with Gasteiger partial charge in [-0.05, 0) is 0 Å². The van der Waals surface area contributed by atoms with E-state index in [0.29, 0.717) is 35.8 Å². The predicted octanol–water partition coefficient (Wildman–Crippen LogP) is 1.52. The van der Waals surface area contributed by atoms with Gasteiger partial charge >= 0.3 is 0 Å². The largest absolute Gasteiger partial charge is 0.496 e. The van der Waals surface area contributed by atoms with Gasteiger partial charge in [0.1, 0.15) is 17.2 Å². The van der Waals surface area contributed by atoms with E-state index in [1.807, 2.05) is 0 Å². The second kappa shape index (κ2) is 3.98. The normalized spacial score (nSPS) is 19.0. The van der Waals surface area contributed by atoms with Crippen molar-refractivity contribution in [1.29, 1.82) is 0 Å². The van der Waals surface area contributed by atoms with Gasteiger partial charge in [0.15, 0.2) is 0 Å². The van der Waals surface area contributed by atoms with Crippen LogP contribution in [0.5, 0.6) is 17.2 Å². The first-order valence-electron chi connectivity index (χ1n) is 4.83. The second-order valence-corrected chi connectivity index (χ2v) is 3.39. The van der Waals surface area contributed by atoms with Gasteiger partial charge in [-0.3, -0.25) is 0 Å². The van der Waals surface area contributed by atoms with Crippen LogP contribution < -0.4 is 14.2 Å². The molecular weight excluding hydrogens is 196 g/mol. The van der Waals surface area contributed by atoms with Gasteiger partial charge in [0.2, 0.25) is 0 Å². The minimum atomic E-state index is -0.519. The molecule has 0 aliphatic carbocycles. The SMILES string of the molecule is COc1cc(OC)c2c(c1)OCC[C@@H]2O. The fourth-order valence-electron chi connectivity index (χ4n) is 1.74. The van der Waals surface area contributed by atoms with Gasteiger partial charge in [0, 0.05) is 18.6 Å². The van der Waals surface area contributed by atoms with Crippen molar-refractivity contribution in [1.82, 2.24) is 0 Å². The van der Waals surface area contributed by atoms with Crippen LogP contribution in [-0.2, 0) is 0 Å². The lowest BCUT2D eigenvalue weighted by molar-refractivity contribution is 0.111. The first-order chi connectivity index (χ1) is 7.26. The number of aliphatic hydroxyl groups excluding tert-OH is 1. The van der Waals surface area contributed by atoms with Gasteiger partial charge in [0.05, 0.1) is 32.5 Å². The van der Waals surface area contributed by atoms with Crippen LogP contribution in [0.15, 0.2) is 12.1 Å². The standard InChI is InChI=1S/C11H14O4/c1-13-7-5-9(14-2)11-8(12)3-4-15-10(11)6-7/h5-6,8,12H,3-4H2,1-2H3/t8-/m0/s1. The highest BCUT2D eigenvalue weighted by atomic mass is 16.5. The summed E-state index contributed by atoms with van der Waals surface area (Å²) in [6.45, 7) is 0.518. The van der Waals surface area contributed by atoms with Crippen molar-refractivity contribution in [3.63, 3.8) is 0 Å². The Morgan fingerprint density at radius 2 is 2.13 bits per heavy atom. The highest BCUT2D eigenvalue weighted by Gasteiger charge is 2.24. The summed E-state index contributed by atoms with van der Waals surface area (Å²) < 4.78 is 15.8. The van der Waals surface area contributed by atoms with E-state index in [9.17, 15) is 5.11 Å². The van der Waals surface area contributed by atoms with E-state index >= 15 is 0 Å². The van der Waals surface area contributed by atoms with Gasteiger partial charge in [-0.25, -0.2) is 0 Å².